The normalized spacial score (nSPS) is 11.9. The van der Waals surface area contributed by atoms with E-state index < -0.39 is 0 Å². The number of pyridine rings is 1. The van der Waals surface area contributed by atoms with Crippen LogP contribution in [0.4, 0.5) is 0 Å². The number of fused-ring (bicyclic) bond motifs is 9. The van der Waals surface area contributed by atoms with Gasteiger partial charge in [-0.05, 0) is 95.1 Å². The van der Waals surface area contributed by atoms with Gasteiger partial charge in [0.25, 0.3) is 0 Å². The molecule has 4 aromatic heterocycles. The van der Waals surface area contributed by atoms with Crippen molar-refractivity contribution in [3.8, 4) is 50.6 Å². The second kappa shape index (κ2) is 12.4. The molecular weight excluding hydrogens is 699 g/mol. The van der Waals surface area contributed by atoms with Crippen LogP contribution in [-0.2, 0) is 0 Å². The summed E-state index contributed by atoms with van der Waals surface area (Å²) in [7, 11) is 0. The number of para-hydroxylation sites is 5. The second-order valence-electron chi connectivity index (χ2n) is 14.6. The van der Waals surface area contributed by atoms with Crippen LogP contribution >= 0.6 is 0 Å². The molecule has 0 aliphatic carbocycles. The number of rotatable bonds is 5. The highest BCUT2D eigenvalue weighted by Gasteiger charge is 2.20. The molecular formula is C52H31N3O2. The third-order valence-electron chi connectivity index (χ3n) is 11.2. The largest absolute Gasteiger partial charge is 0.456 e. The fourth-order valence-electron chi connectivity index (χ4n) is 8.50. The Hall–Kier alpha value is -7.76. The van der Waals surface area contributed by atoms with E-state index in [2.05, 4.69) is 150 Å². The van der Waals surface area contributed by atoms with E-state index in [1.54, 1.807) is 0 Å². The monoisotopic (exact) mass is 729 g/mol. The molecule has 0 N–H and O–H groups in total. The Kier molecular flexibility index (Phi) is 6.86. The Balaban J connectivity index is 1.07. The summed E-state index contributed by atoms with van der Waals surface area (Å²) in [5.41, 5.74) is 14.6. The highest BCUT2D eigenvalue weighted by atomic mass is 16.3. The lowest BCUT2D eigenvalue weighted by molar-refractivity contribution is 0.668. The molecule has 0 radical (unpaired) electrons. The van der Waals surface area contributed by atoms with Gasteiger partial charge in [0.2, 0.25) is 0 Å². The van der Waals surface area contributed by atoms with E-state index in [9.17, 15) is 0 Å². The predicted octanol–water partition coefficient (Wildman–Crippen LogP) is 14.0. The average Bonchev–Trinajstić information content (AvgIpc) is 3.98. The van der Waals surface area contributed by atoms with E-state index in [0.29, 0.717) is 0 Å². The average molecular weight is 730 g/mol. The number of nitrogens with zero attached hydrogens (tertiary/aromatic N) is 3. The molecule has 5 heteroatoms. The number of imidazole rings is 1. The molecule has 0 aliphatic heterocycles. The van der Waals surface area contributed by atoms with Crippen molar-refractivity contribution in [3.05, 3.63) is 188 Å². The first-order valence-electron chi connectivity index (χ1n) is 19.1. The summed E-state index contributed by atoms with van der Waals surface area (Å²) in [4.78, 5) is 10.4. The van der Waals surface area contributed by atoms with Crippen LogP contribution in [0.3, 0.4) is 0 Å². The highest BCUT2D eigenvalue weighted by molar-refractivity contribution is 6.21. The molecule has 0 spiro atoms. The fourth-order valence-corrected chi connectivity index (χ4v) is 8.50. The minimum Gasteiger partial charge on any atom is -0.456 e. The predicted molar refractivity (Wildman–Crippen MR) is 233 cm³/mol. The van der Waals surface area contributed by atoms with Crippen molar-refractivity contribution in [2.24, 2.45) is 0 Å². The molecule has 0 saturated heterocycles. The van der Waals surface area contributed by atoms with Gasteiger partial charge in [-0.1, -0.05) is 115 Å². The first-order valence-corrected chi connectivity index (χ1v) is 19.1. The molecule has 12 rings (SSSR count). The topological polar surface area (TPSA) is 57.0 Å². The van der Waals surface area contributed by atoms with Crippen molar-refractivity contribution < 1.29 is 8.83 Å². The number of hydrogen-bond acceptors (Lipinski definition) is 4. The molecule has 8 aromatic carbocycles. The Morgan fingerprint density at radius 3 is 1.81 bits per heavy atom. The third kappa shape index (κ3) is 5.03. The Bertz CT molecular complexity index is 3520. The van der Waals surface area contributed by atoms with Gasteiger partial charge in [-0.25, -0.2) is 9.97 Å². The summed E-state index contributed by atoms with van der Waals surface area (Å²) in [6, 6.07) is 65.6. The van der Waals surface area contributed by atoms with Gasteiger partial charge in [-0.2, -0.15) is 0 Å². The molecule has 0 saturated carbocycles. The van der Waals surface area contributed by atoms with Crippen LogP contribution in [-0.4, -0.2) is 14.5 Å². The van der Waals surface area contributed by atoms with Gasteiger partial charge in [-0.3, -0.25) is 4.57 Å². The van der Waals surface area contributed by atoms with E-state index in [1.165, 1.54) is 0 Å². The molecule has 0 unspecified atom stereocenters. The molecule has 5 nitrogen and oxygen atoms in total. The zero-order valence-corrected chi connectivity index (χ0v) is 30.6. The maximum Gasteiger partial charge on any atom is 0.162 e. The van der Waals surface area contributed by atoms with E-state index in [0.717, 1.165) is 116 Å². The Morgan fingerprint density at radius 1 is 0.368 bits per heavy atom. The maximum atomic E-state index is 6.69. The van der Waals surface area contributed by atoms with Crippen LogP contribution in [0.15, 0.2) is 197 Å². The summed E-state index contributed by atoms with van der Waals surface area (Å²) < 4.78 is 15.2. The van der Waals surface area contributed by atoms with Gasteiger partial charge in [0.05, 0.1) is 16.6 Å². The number of benzene rings is 8. The molecule has 12 aromatic rings. The van der Waals surface area contributed by atoms with Crippen molar-refractivity contribution in [3.63, 3.8) is 0 Å². The second-order valence-corrected chi connectivity index (χ2v) is 14.6. The molecule has 0 fully saturated rings. The first kappa shape index (κ1) is 31.6. The van der Waals surface area contributed by atoms with Crippen LogP contribution in [0.1, 0.15) is 0 Å². The minimum atomic E-state index is 0.782. The fraction of sp³-hybridized carbons (Fsp3) is 0. The summed E-state index contributed by atoms with van der Waals surface area (Å²) in [6.07, 6.45) is 0. The first-order chi connectivity index (χ1) is 28.2. The zero-order chi connectivity index (χ0) is 37.5. The standard InChI is InChI=1S/C52H31N3O2/c1-2-12-33(13-3-1)52-54-44-18-8-9-19-45(44)55(52)38-25-22-32(23-26-38)35-28-36(34-24-27-48-42(31-34)39-14-5-10-20-46(39)56-48)30-37(29-35)50-51-49(40-15-4-7-17-43(40)53-50)41-16-6-11-21-47(41)57-51/h1-31H. The summed E-state index contributed by atoms with van der Waals surface area (Å²) in [6.45, 7) is 0. The third-order valence-corrected chi connectivity index (χ3v) is 11.2. The number of furan rings is 2. The van der Waals surface area contributed by atoms with Crippen LogP contribution in [0, 0.1) is 0 Å². The molecule has 0 atom stereocenters. The van der Waals surface area contributed by atoms with E-state index >= 15 is 0 Å². The summed E-state index contributed by atoms with van der Waals surface area (Å²) >= 11 is 0. The van der Waals surface area contributed by atoms with E-state index in [-0.39, 0.29) is 0 Å². The van der Waals surface area contributed by atoms with Crippen LogP contribution in [0.5, 0.6) is 0 Å². The van der Waals surface area contributed by atoms with Gasteiger partial charge in [0.15, 0.2) is 5.58 Å². The van der Waals surface area contributed by atoms with Crippen molar-refractivity contribution in [2.45, 2.75) is 0 Å². The smallest absolute Gasteiger partial charge is 0.162 e. The molecule has 266 valence electrons. The molecule has 0 bridgehead atoms. The van der Waals surface area contributed by atoms with Crippen molar-refractivity contribution in [1.29, 1.82) is 0 Å². The molecule has 0 amide bonds. The lowest BCUT2D eigenvalue weighted by atomic mass is 9.93. The van der Waals surface area contributed by atoms with Crippen molar-refractivity contribution >= 4 is 65.8 Å². The zero-order valence-electron chi connectivity index (χ0n) is 30.6. The molecule has 57 heavy (non-hydrogen) atoms. The molecule has 0 aliphatic rings. The van der Waals surface area contributed by atoms with Gasteiger partial charge >= 0.3 is 0 Å². The van der Waals surface area contributed by atoms with Crippen molar-refractivity contribution in [2.75, 3.05) is 0 Å². The summed E-state index contributed by atoms with van der Waals surface area (Å²) in [5, 5.41) is 5.43. The summed E-state index contributed by atoms with van der Waals surface area (Å²) in [5.74, 6) is 0.910. The van der Waals surface area contributed by atoms with Crippen molar-refractivity contribution in [1.82, 2.24) is 14.5 Å². The molecule has 4 heterocycles. The maximum absolute atomic E-state index is 6.69. The van der Waals surface area contributed by atoms with Crippen LogP contribution < -0.4 is 0 Å². The van der Waals surface area contributed by atoms with Gasteiger partial charge < -0.3 is 8.83 Å². The van der Waals surface area contributed by atoms with Crippen LogP contribution in [0.2, 0.25) is 0 Å². The van der Waals surface area contributed by atoms with E-state index in [1.807, 2.05) is 42.5 Å². The van der Waals surface area contributed by atoms with E-state index in [4.69, 9.17) is 18.8 Å². The van der Waals surface area contributed by atoms with Gasteiger partial charge in [-0.15, -0.1) is 0 Å². The highest BCUT2D eigenvalue weighted by Crippen LogP contribution is 2.42. The lowest BCUT2D eigenvalue weighted by Crippen LogP contribution is -1.97. The quantitative estimate of drug-likeness (QED) is 0.177. The number of hydrogen-bond donors (Lipinski definition) is 0. The minimum absolute atomic E-state index is 0.782. The van der Waals surface area contributed by atoms with Crippen LogP contribution in [0.25, 0.3) is 116 Å². The Labute approximate surface area is 326 Å². The van der Waals surface area contributed by atoms with Gasteiger partial charge in [0.1, 0.15) is 28.3 Å². The van der Waals surface area contributed by atoms with Gasteiger partial charge in [0, 0.05) is 43.7 Å². The Morgan fingerprint density at radius 2 is 0.982 bits per heavy atom. The SMILES string of the molecule is c1ccc(-c2nc3ccccc3n2-c2ccc(-c3cc(-c4ccc5oc6ccccc6c5c4)cc(-c4nc5ccccc5c5c4oc4ccccc45)c3)cc2)cc1. The lowest BCUT2D eigenvalue weighted by Gasteiger charge is -2.14. The number of aromatic nitrogens is 3.